The van der Waals surface area contributed by atoms with Crippen molar-refractivity contribution in [2.45, 2.75) is 33.1 Å². The molecule has 0 saturated carbocycles. The summed E-state index contributed by atoms with van der Waals surface area (Å²) < 4.78 is 5.73. The molecule has 2 aromatic heterocycles. The van der Waals surface area contributed by atoms with Gasteiger partial charge >= 0.3 is 0 Å². The fraction of sp³-hybridized carbons (Fsp3) is 0.333. The van der Waals surface area contributed by atoms with E-state index in [0.717, 1.165) is 27.9 Å². The summed E-state index contributed by atoms with van der Waals surface area (Å²) in [6, 6.07) is 7.93. The number of aromatic nitrogens is 2. The minimum Gasteiger partial charge on any atom is -0.436 e. The molecule has 3 rings (SSSR count). The van der Waals surface area contributed by atoms with E-state index in [-0.39, 0.29) is 5.41 Å². The molecule has 0 saturated heterocycles. The maximum atomic E-state index is 5.73. The van der Waals surface area contributed by atoms with Gasteiger partial charge in [0.05, 0.1) is 11.4 Å². The van der Waals surface area contributed by atoms with Gasteiger partial charge in [-0.3, -0.25) is 0 Å². The summed E-state index contributed by atoms with van der Waals surface area (Å²) in [6.45, 7) is 8.44. The second-order valence-corrected chi connectivity index (χ2v) is 5.66. The zero-order valence-electron chi connectivity index (χ0n) is 11.1. The number of benzene rings is 1. The maximum Gasteiger partial charge on any atom is 0.246 e. The van der Waals surface area contributed by atoms with E-state index >= 15 is 0 Å². The first-order chi connectivity index (χ1) is 8.47. The number of hydrogen-bond acceptors (Lipinski definition) is 3. The first-order valence-corrected chi connectivity index (χ1v) is 6.13. The minimum absolute atomic E-state index is 0.0103. The third-order valence-electron chi connectivity index (χ3n) is 3.10. The molecule has 0 aliphatic rings. The summed E-state index contributed by atoms with van der Waals surface area (Å²) in [5.74, 6) is 0. The Kier molecular flexibility index (Phi) is 2.21. The van der Waals surface area contributed by atoms with Gasteiger partial charge in [0.15, 0.2) is 0 Å². The Labute approximate surface area is 106 Å². The first-order valence-electron chi connectivity index (χ1n) is 6.13. The van der Waals surface area contributed by atoms with Crippen molar-refractivity contribution in [1.82, 2.24) is 9.97 Å². The first kappa shape index (κ1) is 11.2. The average Bonchev–Trinajstić information content (AvgIpc) is 2.63. The summed E-state index contributed by atoms with van der Waals surface area (Å²) in [6.07, 6.45) is 0. The third-order valence-corrected chi connectivity index (χ3v) is 3.10. The Morgan fingerprint density at radius 2 is 1.78 bits per heavy atom. The molecule has 0 aliphatic carbocycles. The molecule has 18 heavy (non-hydrogen) atoms. The number of rotatable bonds is 0. The van der Waals surface area contributed by atoms with Gasteiger partial charge in [0.25, 0.3) is 0 Å². The van der Waals surface area contributed by atoms with Gasteiger partial charge in [0.1, 0.15) is 11.1 Å². The van der Waals surface area contributed by atoms with E-state index in [9.17, 15) is 0 Å². The van der Waals surface area contributed by atoms with Crippen LogP contribution in [0.3, 0.4) is 0 Å². The van der Waals surface area contributed by atoms with Gasteiger partial charge < -0.3 is 4.42 Å². The number of furan rings is 1. The molecule has 0 amide bonds. The van der Waals surface area contributed by atoms with Crippen LogP contribution in [0.2, 0.25) is 0 Å². The standard InChI is InChI=1S/C15H16N2O/c1-9-13(15(2,3)4)17-12-10-7-5-6-8-11(10)18-14(12)16-9/h5-8H,1-4H3. The summed E-state index contributed by atoms with van der Waals surface area (Å²) in [4.78, 5) is 9.33. The van der Waals surface area contributed by atoms with Crippen LogP contribution in [0.1, 0.15) is 32.2 Å². The number of para-hydroxylation sites is 1. The van der Waals surface area contributed by atoms with E-state index in [1.165, 1.54) is 0 Å². The summed E-state index contributed by atoms with van der Waals surface area (Å²) in [7, 11) is 0. The lowest BCUT2D eigenvalue weighted by Gasteiger charge is -2.19. The van der Waals surface area contributed by atoms with Crippen LogP contribution in [0.4, 0.5) is 0 Å². The van der Waals surface area contributed by atoms with E-state index < -0.39 is 0 Å². The Bertz CT molecular complexity index is 735. The highest BCUT2D eigenvalue weighted by atomic mass is 16.3. The lowest BCUT2D eigenvalue weighted by Crippen LogP contribution is -2.16. The van der Waals surface area contributed by atoms with Crippen LogP contribution >= 0.6 is 0 Å². The zero-order valence-corrected chi connectivity index (χ0v) is 11.1. The Morgan fingerprint density at radius 1 is 1.06 bits per heavy atom. The van der Waals surface area contributed by atoms with Crippen LogP contribution in [0.15, 0.2) is 28.7 Å². The van der Waals surface area contributed by atoms with Gasteiger partial charge in [-0.05, 0) is 19.1 Å². The van der Waals surface area contributed by atoms with E-state index in [2.05, 4.69) is 25.8 Å². The predicted octanol–water partition coefficient (Wildman–Crippen LogP) is 3.98. The van der Waals surface area contributed by atoms with Crippen LogP contribution in [-0.2, 0) is 5.41 Å². The third kappa shape index (κ3) is 1.58. The normalized spacial score (nSPS) is 12.4. The van der Waals surface area contributed by atoms with Crippen molar-refractivity contribution in [2.24, 2.45) is 0 Å². The molecular formula is C15H16N2O. The molecule has 1 aromatic carbocycles. The Morgan fingerprint density at radius 3 is 2.50 bits per heavy atom. The monoisotopic (exact) mass is 240 g/mol. The minimum atomic E-state index is -0.0103. The smallest absolute Gasteiger partial charge is 0.246 e. The molecule has 0 bridgehead atoms. The van der Waals surface area contributed by atoms with Crippen molar-refractivity contribution in [3.8, 4) is 0 Å². The molecule has 0 unspecified atom stereocenters. The van der Waals surface area contributed by atoms with Gasteiger partial charge in [0.2, 0.25) is 5.71 Å². The number of nitrogens with zero attached hydrogens (tertiary/aromatic N) is 2. The van der Waals surface area contributed by atoms with Gasteiger partial charge in [-0.15, -0.1) is 0 Å². The Balaban J connectivity index is 2.43. The molecule has 0 atom stereocenters. The fourth-order valence-corrected chi connectivity index (χ4v) is 2.31. The van der Waals surface area contributed by atoms with Gasteiger partial charge in [-0.2, -0.15) is 0 Å². The summed E-state index contributed by atoms with van der Waals surface area (Å²) in [5, 5.41) is 1.03. The molecular weight excluding hydrogens is 224 g/mol. The molecule has 2 heterocycles. The van der Waals surface area contributed by atoms with Crippen LogP contribution in [0.25, 0.3) is 22.2 Å². The van der Waals surface area contributed by atoms with Crippen molar-refractivity contribution in [2.75, 3.05) is 0 Å². The van der Waals surface area contributed by atoms with Crippen molar-refractivity contribution in [1.29, 1.82) is 0 Å². The van der Waals surface area contributed by atoms with Crippen molar-refractivity contribution in [3.05, 3.63) is 35.7 Å². The lowest BCUT2D eigenvalue weighted by molar-refractivity contribution is 0.560. The lowest BCUT2D eigenvalue weighted by atomic mass is 9.90. The number of hydrogen-bond donors (Lipinski definition) is 0. The molecule has 0 radical (unpaired) electrons. The van der Waals surface area contributed by atoms with Crippen molar-refractivity contribution >= 4 is 22.2 Å². The van der Waals surface area contributed by atoms with E-state index in [0.29, 0.717) is 5.71 Å². The van der Waals surface area contributed by atoms with Crippen LogP contribution in [-0.4, -0.2) is 9.97 Å². The predicted molar refractivity (Wildman–Crippen MR) is 72.7 cm³/mol. The van der Waals surface area contributed by atoms with E-state index in [4.69, 9.17) is 9.40 Å². The van der Waals surface area contributed by atoms with Gasteiger partial charge in [-0.1, -0.05) is 32.9 Å². The van der Waals surface area contributed by atoms with Crippen molar-refractivity contribution in [3.63, 3.8) is 0 Å². The van der Waals surface area contributed by atoms with Crippen LogP contribution < -0.4 is 0 Å². The molecule has 3 heteroatoms. The quantitative estimate of drug-likeness (QED) is 0.596. The van der Waals surface area contributed by atoms with E-state index in [1.54, 1.807) is 0 Å². The second-order valence-electron chi connectivity index (χ2n) is 5.66. The van der Waals surface area contributed by atoms with E-state index in [1.807, 2.05) is 31.2 Å². The molecule has 0 fully saturated rings. The highest BCUT2D eigenvalue weighted by molar-refractivity contribution is 6.00. The maximum absolute atomic E-state index is 5.73. The Hall–Kier alpha value is -1.90. The molecule has 3 aromatic rings. The molecule has 92 valence electrons. The number of fused-ring (bicyclic) bond motifs is 3. The van der Waals surface area contributed by atoms with Crippen LogP contribution in [0.5, 0.6) is 0 Å². The molecule has 0 N–H and O–H groups in total. The fourth-order valence-electron chi connectivity index (χ4n) is 2.31. The summed E-state index contributed by atoms with van der Waals surface area (Å²) in [5.41, 5.74) is 4.29. The molecule has 0 aliphatic heterocycles. The highest BCUT2D eigenvalue weighted by Gasteiger charge is 2.21. The average molecular weight is 240 g/mol. The summed E-state index contributed by atoms with van der Waals surface area (Å²) >= 11 is 0. The second kappa shape index (κ2) is 3.55. The van der Waals surface area contributed by atoms with Crippen molar-refractivity contribution < 1.29 is 4.42 Å². The number of aryl methyl sites for hydroxylation is 1. The topological polar surface area (TPSA) is 38.9 Å². The highest BCUT2D eigenvalue weighted by Crippen LogP contribution is 2.30. The zero-order chi connectivity index (χ0) is 12.9. The SMILES string of the molecule is Cc1nc2oc3ccccc3c2nc1C(C)(C)C. The largest absolute Gasteiger partial charge is 0.436 e. The molecule has 0 spiro atoms. The molecule has 3 nitrogen and oxygen atoms in total. The van der Waals surface area contributed by atoms with Crippen LogP contribution in [0, 0.1) is 6.92 Å². The van der Waals surface area contributed by atoms with Gasteiger partial charge in [-0.25, -0.2) is 9.97 Å². The van der Waals surface area contributed by atoms with Gasteiger partial charge in [0, 0.05) is 10.8 Å².